The van der Waals surface area contributed by atoms with E-state index in [0.717, 1.165) is 0 Å². The molecule has 0 aliphatic heterocycles. The van der Waals surface area contributed by atoms with Crippen LogP contribution in [0.2, 0.25) is 0 Å². The number of nitrogens with one attached hydrogen (secondary N) is 2. The Morgan fingerprint density at radius 3 is 2.67 bits per heavy atom. The van der Waals surface area contributed by atoms with Gasteiger partial charge in [-0.3, -0.25) is 14.9 Å². The van der Waals surface area contributed by atoms with Crippen molar-refractivity contribution in [2.45, 2.75) is 45.1 Å². The zero-order valence-electron chi connectivity index (χ0n) is 13.4. The summed E-state index contributed by atoms with van der Waals surface area (Å²) in [6.07, 6.45) is 4.11. The summed E-state index contributed by atoms with van der Waals surface area (Å²) in [6, 6.07) is -0.398. The second-order valence-electron chi connectivity index (χ2n) is 5.60. The molecule has 0 atom stereocenters. The Labute approximate surface area is 143 Å². The number of rotatable bonds is 6. The molecule has 0 bridgehead atoms. The molecule has 1 aliphatic carbocycles. The fraction of sp³-hybridized carbons (Fsp3) is 0.600. The zero-order valence-corrected chi connectivity index (χ0v) is 14.2. The average Bonchev–Trinajstić information content (AvgIpc) is 2.94. The summed E-state index contributed by atoms with van der Waals surface area (Å²) in [4.78, 5) is 39.0. The van der Waals surface area contributed by atoms with Crippen molar-refractivity contribution in [2.24, 2.45) is 5.92 Å². The van der Waals surface area contributed by atoms with Crippen LogP contribution < -0.4 is 10.6 Å². The number of carboxylic acids is 1. The number of aliphatic carboxylic acids is 1. The van der Waals surface area contributed by atoms with Gasteiger partial charge < -0.3 is 15.2 Å². The number of aromatic nitrogens is 1. The van der Waals surface area contributed by atoms with Crippen LogP contribution in [0.25, 0.3) is 0 Å². The van der Waals surface area contributed by atoms with E-state index in [1.807, 2.05) is 0 Å². The van der Waals surface area contributed by atoms with Gasteiger partial charge >= 0.3 is 18.0 Å². The van der Waals surface area contributed by atoms with Crippen LogP contribution in [-0.4, -0.2) is 40.7 Å². The van der Waals surface area contributed by atoms with Crippen molar-refractivity contribution in [3.05, 3.63) is 11.1 Å². The Hall–Kier alpha value is -2.16. The number of ether oxygens (including phenoxy) is 1. The minimum absolute atomic E-state index is 0.0282. The molecule has 9 heteroatoms. The van der Waals surface area contributed by atoms with Gasteiger partial charge in [0.2, 0.25) is 0 Å². The highest BCUT2D eigenvalue weighted by Gasteiger charge is 2.26. The molecule has 132 valence electrons. The molecule has 0 radical (unpaired) electrons. The van der Waals surface area contributed by atoms with Crippen molar-refractivity contribution in [2.75, 3.05) is 11.9 Å². The fourth-order valence-electron chi connectivity index (χ4n) is 2.60. The van der Waals surface area contributed by atoms with E-state index in [4.69, 9.17) is 9.84 Å². The predicted octanol–water partition coefficient (Wildman–Crippen LogP) is 2.01. The number of urea groups is 1. The molecule has 1 heterocycles. The Balaban J connectivity index is 1.76. The Morgan fingerprint density at radius 2 is 2.04 bits per heavy atom. The summed E-state index contributed by atoms with van der Waals surface area (Å²) in [7, 11) is 0. The van der Waals surface area contributed by atoms with Crippen molar-refractivity contribution in [3.63, 3.8) is 0 Å². The maximum absolute atomic E-state index is 12.0. The Kier molecular flexibility index (Phi) is 6.53. The van der Waals surface area contributed by atoms with Crippen LogP contribution in [0, 0.1) is 5.92 Å². The molecule has 1 saturated carbocycles. The van der Waals surface area contributed by atoms with Crippen molar-refractivity contribution in [3.8, 4) is 0 Å². The highest BCUT2D eigenvalue weighted by Crippen LogP contribution is 2.24. The lowest BCUT2D eigenvalue weighted by atomic mass is 9.86. The monoisotopic (exact) mass is 355 g/mol. The number of carbonyl (C=O) groups is 3. The molecule has 3 N–H and O–H groups in total. The third kappa shape index (κ3) is 5.48. The van der Waals surface area contributed by atoms with E-state index in [9.17, 15) is 14.4 Å². The highest BCUT2D eigenvalue weighted by atomic mass is 32.1. The number of hydrogen-bond donors (Lipinski definition) is 3. The van der Waals surface area contributed by atoms with Gasteiger partial charge in [0.05, 0.1) is 18.9 Å². The van der Waals surface area contributed by atoms with Crippen LogP contribution in [0.1, 0.15) is 37.5 Å². The van der Waals surface area contributed by atoms with Crippen molar-refractivity contribution < 1.29 is 24.2 Å². The van der Waals surface area contributed by atoms with Crippen LogP contribution in [0.4, 0.5) is 9.93 Å². The van der Waals surface area contributed by atoms with Crippen LogP contribution >= 0.6 is 11.3 Å². The van der Waals surface area contributed by atoms with E-state index in [2.05, 4.69) is 15.6 Å². The van der Waals surface area contributed by atoms with Crippen molar-refractivity contribution in [1.29, 1.82) is 0 Å². The number of anilines is 1. The molecular weight excluding hydrogens is 334 g/mol. The second kappa shape index (κ2) is 8.62. The largest absolute Gasteiger partial charge is 0.481 e. The predicted molar refractivity (Wildman–Crippen MR) is 88.0 cm³/mol. The van der Waals surface area contributed by atoms with Crippen LogP contribution in [0.5, 0.6) is 0 Å². The molecule has 0 spiro atoms. The van der Waals surface area contributed by atoms with Gasteiger partial charge in [-0.15, -0.1) is 11.3 Å². The number of amides is 2. The first-order chi connectivity index (χ1) is 11.5. The molecule has 24 heavy (non-hydrogen) atoms. The summed E-state index contributed by atoms with van der Waals surface area (Å²) in [5.74, 6) is -1.40. The van der Waals surface area contributed by atoms with Gasteiger partial charge in [-0.2, -0.15) is 0 Å². The van der Waals surface area contributed by atoms with Gasteiger partial charge in [0.15, 0.2) is 5.13 Å². The number of nitrogens with zero attached hydrogens (tertiary/aromatic N) is 1. The van der Waals surface area contributed by atoms with Crippen LogP contribution in [0.15, 0.2) is 6.20 Å². The second-order valence-corrected chi connectivity index (χ2v) is 6.71. The maximum atomic E-state index is 12.0. The lowest BCUT2D eigenvalue weighted by molar-refractivity contribution is -0.143. The third-order valence-electron chi connectivity index (χ3n) is 3.81. The van der Waals surface area contributed by atoms with Crippen LogP contribution in [0.3, 0.4) is 0 Å². The van der Waals surface area contributed by atoms with E-state index < -0.39 is 5.97 Å². The minimum atomic E-state index is -0.769. The maximum Gasteiger partial charge on any atom is 0.321 e. The minimum Gasteiger partial charge on any atom is -0.481 e. The van der Waals surface area contributed by atoms with Crippen molar-refractivity contribution >= 4 is 34.4 Å². The molecule has 2 rings (SSSR count). The molecular formula is C15H21N3O5S. The number of thiazole rings is 1. The first-order valence-electron chi connectivity index (χ1n) is 7.88. The zero-order chi connectivity index (χ0) is 17.5. The Bertz CT molecular complexity index is 596. The molecule has 2 amide bonds. The van der Waals surface area contributed by atoms with E-state index in [1.165, 1.54) is 17.5 Å². The molecule has 0 unspecified atom stereocenters. The lowest BCUT2D eigenvalue weighted by Gasteiger charge is -2.26. The normalized spacial score (nSPS) is 20.2. The summed E-state index contributed by atoms with van der Waals surface area (Å²) in [5, 5.41) is 14.8. The lowest BCUT2D eigenvalue weighted by Crippen LogP contribution is -2.40. The molecule has 1 aliphatic rings. The van der Waals surface area contributed by atoms with E-state index >= 15 is 0 Å². The standard InChI is InChI=1S/C15H21N3O5S/c1-2-23-12(19)7-11-8-16-15(24-11)18-14(22)17-10-5-3-9(4-6-10)13(20)21/h8-10H,2-7H2,1H3,(H,20,21)(H2,16,17,18,22). The summed E-state index contributed by atoms with van der Waals surface area (Å²) >= 11 is 1.22. The average molecular weight is 355 g/mol. The van der Waals surface area contributed by atoms with Crippen molar-refractivity contribution in [1.82, 2.24) is 10.3 Å². The van der Waals surface area contributed by atoms with Crippen LogP contribution in [-0.2, 0) is 20.7 Å². The Morgan fingerprint density at radius 1 is 1.33 bits per heavy atom. The third-order valence-corrected chi connectivity index (χ3v) is 4.72. The smallest absolute Gasteiger partial charge is 0.321 e. The summed E-state index contributed by atoms with van der Waals surface area (Å²) < 4.78 is 4.86. The van der Waals surface area contributed by atoms with E-state index in [-0.39, 0.29) is 30.4 Å². The SMILES string of the molecule is CCOC(=O)Cc1cnc(NC(=O)NC2CCC(C(=O)O)CC2)s1. The van der Waals surface area contributed by atoms with Gasteiger partial charge in [-0.1, -0.05) is 0 Å². The van der Waals surface area contributed by atoms with Gasteiger partial charge in [-0.05, 0) is 32.6 Å². The number of hydrogen-bond acceptors (Lipinski definition) is 6. The fourth-order valence-corrected chi connectivity index (χ4v) is 3.40. The molecule has 0 saturated heterocycles. The molecule has 1 fully saturated rings. The van der Waals surface area contributed by atoms with Gasteiger partial charge in [0.1, 0.15) is 0 Å². The number of carboxylic acid groups (broad SMARTS) is 1. The molecule has 8 nitrogen and oxygen atoms in total. The highest BCUT2D eigenvalue weighted by molar-refractivity contribution is 7.15. The van der Waals surface area contributed by atoms with Gasteiger partial charge in [-0.25, -0.2) is 9.78 Å². The van der Waals surface area contributed by atoms with E-state index in [0.29, 0.717) is 42.3 Å². The molecule has 1 aromatic rings. The van der Waals surface area contributed by atoms with E-state index in [1.54, 1.807) is 6.92 Å². The molecule has 0 aromatic carbocycles. The van der Waals surface area contributed by atoms with Gasteiger partial charge in [0, 0.05) is 17.1 Å². The number of esters is 1. The number of carbonyl (C=O) groups excluding carboxylic acids is 2. The first-order valence-corrected chi connectivity index (χ1v) is 8.70. The summed E-state index contributed by atoms with van der Waals surface area (Å²) in [5.41, 5.74) is 0. The first kappa shape index (κ1) is 18.2. The van der Waals surface area contributed by atoms with Gasteiger partial charge in [0.25, 0.3) is 0 Å². The topological polar surface area (TPSA) is 118 Å². The molecule has 1 aromatic heterocycles. The quantitative estimate of drug-likeness (QED) is 0.672. The summed E-state index contributed by atoms with van der Waals surface area (Å²) in [6.45, 7) is 2.07.